The van der Waals surface area contributed by atoms with Gasteiger partial charge in [-0.1, -0.05) is 24.3 Å². The highest BCUT2D eigenvalue weighted by Gasteiger charge is 2.09. The van der Waals surface area contributed by atoms with Gasteiger partial charge in [-0.2, -0.15) is 5.10 Å². The predicted octanol–water partition coefficient (Wildman–Crippen LogP) is 3.50. The Labute approximate surface area is 133 Å². The fourth-order valence-electron chi connectivity index (χ4n) is 2.28. The van der Waals surface area contributed by atoms with Crippen LogP contribution in [0.5, 0.6) is 0 Å². The first kappa shape index (κ1) is 15.0. The number of hydrogen-bond acceptors (Lipinski definition) is 2. The standard InChI is InChI=1S/C18H16FN3O/c1-13-7-8-15(19)10-17(13)21-18(23)9-14-11-20-22(12-14)16-5-3-2-4-6-16/h2-8,10-12H,9H2,1H3,(H,21,23). The Bertz CT molecular complexity index is 827. The van der Waals surface area contributed by atoms with Gasteiger partial charge in [0.05, 0.1) is 18.3 Å². The normalized spacial score (nSPS) is 10.5. The highest BCUT2D eigenvalue weighted by molar-refractivity contribution is 5.92. The molecule has 0 radical (unpaired) electrons. The molecule has 2 aromatic carbocycles. The van der Waals surface area contributed by atoms with Crippen LogP contribution in [0.3, 0.4) is 0 Å². The van der Waals surface area contributed by atoms with Crippen molar-refractivity contribution in [3.8, 4) is 5.69 Å². The van der Waals surface area contributed by atoms with Crippen molar-refractivity contribution in [2.75, 3.05) is 5.32 Å². The Morgan fingerprint density at radius 3 is 2.78 bits per heavy atom. The molecular formula is C18H16FN3O. The van der Waals surface area contributed by atoms with E-state index in [4.69, 9.17) is 0 Å². The minimum absolute atomic E-state index is 0.183. The number of anilines is 1. The molecule has 0 aliphatic heterocycles. The molecule has 1 amide bonds. The van der Waals surface area contributed by atoms with Crippen molar-refractivity contribution in [1.29, 1.82) is 0 Å². The van der Waals surface area contributed by atoms with Gasteiger partial charge in [-0.3, -0.25) is 4.79 Å². The minimum Gasteiger partial charge on any atom is -0.325 e. The summed E-state index contributed by atoms with van der Waals surface area (Å²) in [7, 11) is 0. The summed E-state index contributed by atoms with van der Waals surface area (Å²) in [6.07, 6.45) is 3.65. The molecule has 0 spiro atoms. The first-order chi connectivity index (χ1) is 11.1. The summed E-state index contributed by atoms with van der Waals surface area (Å²) < 4.78 is 15.0. The van der Waals surface area contributed by atoms with Crippen molar-refractivity contribution >= 4 is 11.6 Å². The zero-order valence-corrected chi connectivity index (χ0v) is 12.7. The molecule has 1 heterocycles. The summed E-state index contributed by atoms with van der Waals surface area (Å²) in [6.45, 7) is 1.82. The number of amides is 1. The second-order valence-electron chi connectivity index (χ2n) is 5.31. The Kier molecular flexibility index (Phi) is 4.19. The minimum atomic E-state index is -0.372. The lowest BCUT2D eigenvalue weighted by Crippen LogP contribution is -2.15. The van der Waals surface area contributed by atoms with Crippen LogP contribution in [0.15, 0.2) is 60.9 Å². The zero-order valence-electron chi connectivity index (χ0n) is 12.7. The van der Waals surface area contributed by atoms with Crippen LogP contribution in [-0.4, -0.2) is 15.7 Å². The molecule has 1 N–H and O–H groups in total. The van der Waals surface area contributed by atoms with E-state index >= 15 is 0 Å². The fraction of sp³-hybridized carbons (Fsp3) is 0.111. The molecule has 1 aromatic heterocycles. The molecule has 0 aliphatic carbocycles. The first-order valence-electron chi connectivity index (χ1n) is 7.27. The lowest BCUT2D eigenvalue weighted by molar-refractivity contribution is -0.115. The Morgan fingerprint density at radius 2 is 2.00 bits per heavy atom. The number of para-hydroxylation sites is 1. The highest BCUT2D eigenvalue weighted by Crippen LogP contribution is 2.16. The third-order valence-corrected chi connectivity index (χ3v) is 3.50. The van der Waals surface area contributed by atoms with Gasteiger partial charge >= 0.3 is 0 Å². The smallest absolute Gasteiger partial charge is 0.228 e. The summed E-state index contributed by atoms with van der Waals surface area (Å²) in [5, 5.41) is 6.99. The number of aromatic nitrogens is 2. The number of carbonyl (C=O) groups excluding carboxylic acids is 1. The Hall–Kier alpha value is -2.95. The van der Waals surface area contributed by atoms with Crippen molar-refractivity contribution < 1.29 is 9.18 Å². The van der Waals surface area contributed by atoms with E-state index < -0.39 is 0 Å². The number of nitrogens with one attached hydrogen (secondary N) is 1. The highest BCUT2D eigenvalue weighted by atomic mass is 19.1. The third-order valence-electron chi connectivity index (χ3n) is 3.50. The van der Waals surface area contributed by atoms with E-state index in [1.54, 1.807) is 16.9 Å². The third kappa shape index (κ3) is 3.63. The van der Waals surface area contributed by atoms with Gasteiger partial charge in [0, 0.05) is 11.9 Å². The van der Waals surface area contributed by atoms with Crippen LogP contribution >= 0.6 is 0 Å². The maximum Gasteiger partial charge on any atom is 0.228 e. The molecule has 0 saturated heterocycles. The summed E-state index contributed by atoms with van der Waals surface area (Å²) in [4.78, 5) is 12.1. The molecule has 3 aromatic rings. The Morgan fingerprint density at radius 1 is 1.22 bits per heavy atom. The summed E-state index contributed by atoms with van der Waals surface area (Å²) in [6, 6.07) is 14.0. The van der Waals surface area contributed by atoms with Crippen molar-refractivity contribution in [3.63, 3.8) is 0 Å². The van der Waals surface area contributed by atoms with Gasteiger partial charge in [0.2, 0.25) is 5.91 Å². The van der Waals surface area contributed by atoms with Crippen molar-refractivity contribution in [1.82, 2.24) is 9.78 Å². The number of benzene rings is 2. The van der Waals surface area contributed by atoms with Gasteiger partial charge in [-0.05, 0) is 42.3 Å². The maximum atomic E-state index is 13.3. The number of rotatable bonds is 4. The van der Waals surface area contributed by atoms with E-state index in [2.05, 4.69) is 10.4 Å². The molecule has 0 bridgehead atoms. The number of aryl methyl sites for hydroxylation is 1. The second-order valence-corrected chi connectivity index (χ2v) is 5.31. The maximum absolute atomic E-state index is 13.3. The quantitative estimate of drug-likeness (QED) is 0.802. The molecule has 0 aliphatic rings. The van der Waals surface area contributed by atoms with Crippen LogP contribution in [0.4, 0.5) is 10.1 Å². The average Bonchev–Trinajstić information content (AvgIpc) is 3.00. The van der Waals surface area contributed by atoms with Gasteiger partial charge in [0.25, 0.3) is 0 Å². The molecule has 0 unspecified atom stereocenters. The van der Waals surface area contributed by atoms with E-state index in [1.165, 1.54) is 12.1 Å². The molecule has 23 heavy (non-hydrogen) atoms. The lowest BCUT2D eigenvalue weighted by Gasteiger charge is -2.07. The molecular weight excluding hydrogens is 293 g/mol. The molecule has 0 fully saturated rings. The van der Waals surface area contributed by atoms with Crippen LogP contribution in [0.1, 0.15) is 11.1 Å². The van der Waals surface area contributed by atoms with Gasteiger partial charge in [0.1, 0.15) is 5.82 Å². The van der Waals surface area contributed by atoms with E-state index in [0.29, 0.717) is 5.69 Å². The van der Waals surface area contributed by atoms with Crippen LogP contribution < -0.4 is 5.32 Å². The van der Waals surface area contributed by atoms with Crippen LogP contribution in [0.25, 0.3) is 5.69 Å². The number of halogens is 1. The predicted molar refractivity (Wildman–Crippen MR) is 87.0 cm³/mol. The number of nitrogens with zero attached hydrogens (tertiary/aromatic N) is 2. The SMILES string of the molecule is Cc1ccc(F)cc1NC(=O)Cc1cnn(-c2ccccc2)c1. The summed E-state index contributed by atoms with van der Waals surface area (Å²) in [5.41, 5.74) is 3.03. The zero-order chi connectivity index (χ0) is 16.2. The van der Waals surface area contributed by atoms with Crippen LogP contribution in [0.2, 0.25) is 0 Å². The topological polar surface area (TPSA) is 46.9 Å². The number of carbonyl (C=O) groups is 1. The van der Waals surface area contributed by atoms with Gasteiger partial charge in [-0.15, -0.1) is 0 Å². The van der Waals surface area contributed by atoms with Crippen LogP contribution in [0, 0.1) is 12.7 Å². The second kappa shape index (κ2) is 6.44. The van der Waals surface area contributed by atoms with Crippen molar-refractivity contribution in [2.24, 2.45) is 0 Å². The van der Waals surface area contributed by atoms with Gasteiger partial charge in [0.15, 0.2) is 0 Å². The van der Waals surface area contributed by atoms with Crippen LogP contribution in [-0.2, 0) is 11.2 Å². The summed E-state index contributed by atoms with van der Waals surface area (Å²) in [5.74, 6) is -0.575. The van der Waals surface area contributed by atoms with E-state index in [0.717, 1.165) is 16.8 Å². The Balaban J connectivity index is 1.69. The summed E-state index contributed by atoms with van der Waals surface area (Å²) >= 11 is 0. The van der Waals surface area contributed by atoms with Crippen molar-refractivity contribution in [3.05, 3.63) is 77.9 Å². The van der Waals surface area contributed by atoms with Gasteiger partial charge < -0.3 is 5.32 Å². The van der Waals surface area contributed by atoms with E-state index in [1.807, 2.05) is 43.5 Å². The largest absolute Gasteiger partial charge is 0.325 e. The monoisotopic (exact) mass is 309 g/mol. The van der Waals surface area contributed by atoms with E-state index in [-0.39, 0.29) is 18.1 Å². The molecule has 4 nitrogen and oxygen atoms in total. The molecule has 5 heteroatoms. The lowest BCUT2D eigenvalue weighted by atomic mass is 10.2. The molecule has 0 atom stereocenters. The average molecular weight is 309 g/mol. The van der Waals surface area contributed by atoms with Gasteiger partial charge in [-0.25, -0.2) is 9.07 Å². The molecule has 116 valence electrons. The first-order valence-corrected chi connectivity index (χ1v) is 7.27. The molecule has 0 saturated carbocycles. The number of hydrogen-bond donors (Lipinski definition) is 1. The van der Waals surface area contributed by atoms with Crippen molar-refractivity contribution in [2.45, 2.75) is 13.3 Å². The van der Waals surface area contributed by atoms with E-state index in [9.17, 15) is 9.18 Å². The fourth-order valence-corrected chi connectivity index (χ4v) is 2.28. The molecule has 3 rings (SSSR count).